The Morgan fingerprint density at radius 3 is 2.57 bits per heavy atom. The quantitative estimate of drug-likeness (QED) is 0.878. The highest BCUT2D eigenvalue weighted by Crippen LogP contribution is 2.42. The van der Waals surface area contributed by atoms with Gasteiger partial charge in [0.25, 0.3) is 0 Å². The number of rotatable bonds is 1. The minimum atomic E-state index is 0.223. The van der Waals surface area contributed by atoms with Crippen LogP contribution in [-0.4, -0.2) is 26.0 Å². The number of anilines is 1. The van der Waals surface area contributed by atoms with Crippen LogP contribution in [0, 0.1) is 0 Å². The van der Waals surface area contributed by atoms with Crippen LogP contribution in [0.5, 0.6) is 0 Å². The number of amides is 1. The van der Waals surface area contributed by atoms with Crippen molar-refractivity contribution < 1.29 is 4.79 Å². The van der Waals surface area contributed by atoms with Crippen LogP contribution in [0.2, 0.25) is 0 Å². The van der Waals surface area contributed by atoms with Crippen LogP contribution < -0.4 is 10.2 Å². The summed E-state index contributed by atoms with van der Waals surface area (Å²) in [5.74, 6) is 0.223. The van der Waals surface area contributed by atoms with E-state index in [0.717, 1.165) is 38.0 Å². The Morgan fingerprint density at radius 1 is 0.957 bits per heavy atom. The van der Waals surface area contributed by atoms with E-state index >= 15 is 0 Å². The molecule has 0 radical (unpaired) electrons. The topological polar surface area (TPSA) is 32.3 Å². The number of hydrogen-bond donors (Lipinski definition) is 1. The molecule has 0 saturated heterocycles. The van der Waals surface area contributed by atoms with E-state index in [4.69, 9.17) is 0 Å². The molecule has 0 saturated carbocycles. The average molecular weight is 306 g/mol. The molecule has 1 amide bonds. The van der Waals surface area contributed by atoms with Gasteiger partial charge in [0.1, 0.15) is 0 Å². The molecule has 2 aromatic carbocycles. The van der Waals surface area contributed by atoms with Gasteiger partial charge >= 0.3 is 0 Å². The Kier molecular flexibility index (Phi) is 3.66. The molecular formula is C20H22N2O. The van der Waals surface area contributed by atoms with Gasteiger partial charge in [0, 0.05) is 19.0 Å². The number of aryl methyl sites for hydroxylation is 1. The standard InChI is InChI=1S/C20H22N2O/c1-22-18(23)8-7-16-13-15-9-11-21-12-10-17(15)19(20(16)22)14-5-3-2-4-6-14/h2-6,13,21H,7-12H2,1H3. The lowest BCUT2D eigenvalue weighted by atomic mass is 9.85. The van der Waals surface area contributed by atoms with Crippen molar-refractivity contribution in [3.63, 3.8) is 0 Å². The maximum absolute atomic E-state index is 12.3. The smallest absolute Gasteiger partial charge is 0.227 e. The molecule has 2 aliphatic rings. The molecule has 0 bridgehead atoms. The predicted octanol–water partition coefficient (Wildman–Crippen LogP) is 2.95. The molecule has 0 aliphatic carbocycles. The van der Waals surface area contributed by atoms with Gasteiger partial charge in [-0.15, -0.1) is 0 Å². The lowest BCUT2D eigenvalue weighted by Gasteiger charge is -2.31. The minimum absolute atomic E-state index is 0.223. The van der Waals surface area contributed by atoms with Gasteiger partial charge in [-0.2, -0.15) is 0 Å². The third kappa shape index (κ3) is 2.45. The normalized spacial score (nSPS) is 17.4. The monoisotopic (exact) mass is 306 g/mol. The van der Waals surface area contributed by atoms with E-state index in [1.807, 2.05) is 18.0 Å². The van der Waals surface area contributed by atoms with Gasteiger partial charge in [-0.05, 0) is 54.6 Å². The molecule has 3 heteroatoms. The SMILES string of the molecule is CN1C(=O)CCc2cc3c(c(-c4ccccc4)c21)CCNCC3. The first kappa shape index (κ1) is 14.5. The number of carbonyl (C=O) groups excluding carboxylic acids is 1. The van der Waals surface area contributed by atoms with E-state index in [1.54, 1.807) is 0 Å². The number of benzene rings is 2. The van der Waals surface area contributed by atoms with Crippen molar-refractivity contribution in [1.29, 1.82) is 0 Å². The first-order chi connectivity index (χ1) is 11.3. The molecule has 118 valence electrons. The highest BCUT2D eigenvalue weighted by molar-refractivity contribution is 6.01. The molecule has 0 fully saturated rings. The van der Waals surface area contributed by atoms with Crippen molar-refractivity contribution in [2.45, 2.75) is 25.7 Å². The maximum atomic E-state index is 12.3. The molecule has 2 aromatic rings. The summed E-state index contributed by atoms with van der Waals surface area (Å²) in [5, 5.41) is 3.50. The maximum Gasteiger partial charge on any atom is 0.227 e. The largest absolute Gasteiger partial charge is 0.316 e. The van der Waals surface area contributed by atoms with Crippen LogP contribution in [0.3, 0.4) is 0 Å². The fourth-order valence-electron chi connectivity index (χ4n) is 3.92. The molecule has 3 nitrogen and oxygen atoms in total. The molecule has 0 unspecified atom stereocenters. The fourth-order valence-corrected chi connectivity index (χ4v) is 3.92. The van der Waals surface area contributed by atoms with Gasteiger partial charge in [0.2, 0.25) is 5.91 Å². The zero-order chi connectivity index (χ0) is 15.8. The predicted molar refractivity (Wildman–Crippen MR) is 93.9 cm³/mol. The first-order valence-corrected chi connectivity index (χ1v) is 8.46. The summed E-state index contributed by atoms with van der Waals surface area (Å²) in [7, 11) is 1.92. The van der Waals surface area contributed by atoms with Crippen LogP contribution >= 0.6 is 0 Å². The van der Waals surface area contributed by atoms with Crippen molar-refractivity contribution in [2.75, 3.05) is 25.0 Å². The Hall–Kier alpha value is -2.13. The van der Waals surface area contributed by atoms with Crippen molar-refractivity contribution in [3.8, 4) is 11.1 Å². The summed E-state index contributed by atoms with van der Waals surface area (Å²) >= 11 is 0. The molecule has 23 heavy (non-hydrogen) atoms. The van der Waals surface area contributed by atoms with E-state index < -0.39 is 0 Å². The van der Waals surface area contributed by atoms with Crippen LogP contribution in [0.15, 0.2) is 36.4 Å². The van der Waals surface area contributed by atoms with E-state index in [-0.39, 0.29) is 5.91 Å². The third-order valence-corrected chi connectivity index (χ3v) is 5.08. The Balaban J connectivity index is 2.02. The van der Waals surface area contributed by atoms with Crippen molar-refractivity contribution in [3.05, 3.63) is 53.1 Å². The molecule has 0 aromatic heterocycles. The molecule has 4 rings (SSSR count). The van der Waals surface area contributed by atoms with E-state index in [9.17, 15) is 4.79 Å². The number of fused-ring (bicyclic) bond motifs is 2. The second kappa shape index (κ2) is 5.82. The molecular weight excluding hydrogens is 284 g/mol. The van der Waals surface area contributed by atoms with Crippen molar-refractivity contribution in [1.82, 2.24) is 5.32 Å². The van der Waals surface area contributed by atoms with Gasteiger partial charge in [0.05, 0.1) is 5.69 Å². The number of carbonyl (C=O) groups is 1. The van der Waals surface area contributed by atoms with Crippen LogP contribution in [-0.2, 0) is 24.1 Å². The summed E-state index contributed by atoms with van der Waals surface area (Å²) in [5.41, 5.74) is 7.83. The van der Waals surface area contributed by atoms with Crippen LogP contribution in [0.25, 0.3) is 11.1 Å². The summed E-state index contributed by atoms with van der Waals surface area (Å²) in [6, 6.07) is 12.9. The summed E-state index contributed by atoms with van der Waals surface area (Å²) < 4.78 is 0. The Morgan fingerprint density at radius 2 is 1.74 bits per heavy atom. The zero-order valence-electron chi connectivity index (χ0n) is 13.6. The second-order valence-corrected chi connectivity index (χ2v) is 6.47. The lowest BCUT2D eigenvalue weighted by Crippen LogP contribution is -2.32. The fraction of sp³-hybridized carbons (Fsp3) is 0.350. The first-order valence-electron chi connectivity index (χ1n) is 8.46. The molecule has 1 N–H and O–H groups in total. The van der Waals surface area contributed by atoms with Gasteiger partial charge < -0.3 is 10.2 Å². The Bertz CT molecular complexity index is 752. The summed E-state index contributed by atoms with van der Waals surface area (Å²) in [4.78, 5) is 14.2. The van der Waals surface area contributed by atoms with Crippen molar-refractivity contribution >= 4 is 11.6 Å². The summed E-state index contributed by atoms with van der Waals surface area (Å²) in [6.07, 6.45) is 3.57. The number of nitrogens with zero attached hydrogens (tertiary/aromatic N) is 1. The second-order valence-electron chi connectivity index (χ2n) is 6.47. The minimum Gasteiger partial charge on any atom is -0.316 e. The van der Waals surface area contributed by atoms with E-state index in [1.165, 1.54) is 27.8 Å². The zero-order valence-corrected chi connectivity index (χ0v) is 13.6. The molecule has 0 spiro atoms. The van der Waals surface area contributed by atoms with Gasteiger partial charge in [-0.25, -0.2) is 0 Å². The molecule has 0 atom stereocenters. The van der Waals surface area contributed by atoms with Gasteiger partial charge in [0.15, 0.2) is 0 Å². The summed E-state index contributed by atoms with van der Waals surface area (Å²) in [6.45, 7) is 2.04. The lowest BCUT2D eigenvalue weighted by molar-refractivity contribution is -0.118. The third-order valence-electron chi connectivity index (χ3n) is 5.08. The number of hydrogen-bond acceptors (Lipinski definition) is 2. The molecule has 2 heterocycles. The van der Waals surface area contributed by atoms with Crippen molar-refractivity contribution in [2.24, 2.45) is 0 Å². The van der Waals surface area contributed by atoms with Crippen LogP contribution in [0.4, 0.5) is 5.69 Å². The highest BCUT2D eigenvalue weighted by atomic mass is 16.2. The van der Waals surface area contributed by atoms with Gasteiger partial charge in [-0.3, -0.25) is 4.79 Å². The molecule has 2 aliphatic heterocycles. The van der Waals surface area contributed by atoms with Gasteiger partial charge in [-0.1, -0.05) is 36.4 Å². The highest BCUT2D eigenvalue weighted by Gasteiger charge is 2.28. The Labute approximate surface area is 137 Å². The van der Waals surface area contributed by atoms with E-state index in [0.29, 0.717) is 6.42 Å². The average Bonchev–Trinajstić information content (AvgIpc) is 2.82. The number of nitrogens with one attached hydrogen (secondary N) is 1. The van der Waals surface area contributed by atoms with E-state index in [2.05, 4.69) is 35.6 Å². The van der Waals surface area contributed by atoms with Crippen LogP contribution in [0.1, 0.15) is 23.1 Å².